The van der Waals surface area contributed by atoms with E-state index >= 15 is 0 Å². The molecule has 3 nitrogen and oxygen atoms in total. The summed E-state index contributed by atoms with van der Waals surface area (Å²) in [6, 6.07) is 0. The van der Waals surface area contributed by atoms with E-state index in [0.717, 1.165) is 19.4 Å². The molecule has 0 heterocycles. The highest BCUT2D eigenvalue weighted by atomic mass is 16.5. The van der Waals surface area contributed by atoms with Crippen molar-refractivity contribution in [3.63, 3.8) is 0 Å². The molecule has 19 heavy (non-hydrogen) atoms. The Hall–Kier alpha value is -0.570. The summed E-state index contributed by atoms with van der Waals surface area (Å²) in [5, 5.41) is 0. The second kappa shape index (κ2) is 15.5. The van der Waals surface area contributed by atoms with Crippen molar-refractivity contribution in [1.29, 1.82) is 0 Å². The maximum absolute atomic E-state index is 11.1. The van der Waals surface area contributed by atoms with Gasteiger partial charge in [-0.1, -0.05) is 57.8 Å². The third kappa shape index (κ3) is 15.4. The van der Waals surface area contributed by atoms with Gasteiger partial charge in [-0.25, -0.2) is 0 Å². The monoisotopic (exact) mass is 271 g/mol. The molecule has 0 aromatic carbocycles. The van der Waals surface area contributed by atoms with Crippen molar-refractivity contribution < 1.29 is 9.53 Å². The summed E-state index contributed by atoms with van der Waals surface area (Å²) in [4.78, 5) is 11.1. The molecule has 0 saturated heterocycles. The zero-order valence-electron chi connectivity index (χ0n) is 12.8. The number of esters is 1. The van der Waals surface area contributed by atoms with E-state index in [1.807, 2.05) is 6.92 Å². The van der Waals surface area contributed by atoms with Crippen LogP contribution in [0.15, 0.2) is 0 Å². The van der Waals surface area contributed by atoms with Crippen LogP contribution >= 0.6 is 0 Å². The summed E-state index contributed by atoms with van der Waals surface area (Å²) in [7, 11) is 0. The van der Waals surface area contributed by atoms with Gasteiger partial charge in [-0.2, -0.15) is 0 Å². The quantitative estimate of drug-likeness (QED) is 0.381. The van der Waals surface area contributed by atoms with E-state index in [-0.39, 0.29) is 5.97 Å². The minimum atomic E-state index is -0.0417. The maximum atomic E-state index is 11.1. The molecule has 0 fully saturated rings. The molecule has 0 unspecified atom stereocenters. The predicted molar refractivity (Wildman–Crippen MR) is 81.1 cm³/mol. The average Bonchev–Trinajstić information content (AvgIpc) is 2.40. The van der Waals surface area contributed by atoms with Crippen molar-refractivity contribution in [3.8, 4) is 0 Å². The Bertz CT molecular complexity index is 195. The fourth-order valence-electron chi connectivity index (χ4n) is 2.24. The summed E-state index contributed by atoms with van der Waals surface area (Å²) < 4.78 is 4.90. The summed E-state index contributed by atoms with van der Waals surface area (Å²) in [5.41, 5.74) is 5.46. The zero-order chi connectivity index (χ0) is 14.2. The molecule has 0 aliphatic heterocycles. The number of hydrogen-bond acceptors (Lipinski definition) is 3. The SMILES string of the molecule is CCOC(=O)CCCCCCCCCCCCCN. The van der Waals surface area contributed by atoms with Gasteiger partial charge in [0.05, 0.1) is 6.61 Å². The molecule has 3 heteroatoms. The number of ether oxygens (including phenoxy) is 1. The molecule has 0 atom stereocenters. The Balaban J connectivity index is 3.01. The van der Waals surface area contributed by atoms with Gasteiger partial charge in [0.25, 0.3) is 0 Å². The lowest BCUT2D eigenvalue weighted by Gasteiger charge is -2.03. The fraction of sp³-hybridized carbons (Fsp3) is 0.938. The summed E-state index contributed by atoms with van der Waals surface area (Å²) in [5.74, 6) is -0.0417. The van der Waals surface area contributed by atoms with Crippen molar-refractivity contribution in [2.75, 3.05) is 13.2 Å². The lowest BCUT2D eigenvalue weighted by Crippen LogP contribution is -2.03. The van der Waals surface area contributed by atoms with Gasteiger partial charge in [0.15, 0.2) is 0 Å². The standard InChI is InChI=1S/C16H33NO2/c1-2-19-16(18)14-12-10-8-6-4-3-5-7-9-11-13-15-17/h2-15,17H2,1H3. The summed E-state index contributed by atoms with van der Waals surface area (Å²) in [6.07, 6.45) is 14.6. The number of unbranched alkanes of at least 4 members (excludes halogenated alkanes) is 10. The predicted octanol–water partition coefficient (Wildman–Crippen LogP) is 4.19. The second-order valence-corrected chi connectivity index (χ2v) is 5.23. The van der Waals surface area contributed by atoms with Gasteiger partial charge in [-0.05, 0) is 26.3 Å². The molecule has 0 amide bonds. The Morgan fingerprint density at radius 2 is 1.21 bits per heavy atom. The molecule has 0 aliphatic carbocycles. The highest BCUT2D eigenvalue weighted by Gasteiger charge is 2.00. The molecule has 0 bridgehead atoms. The topological polar surface area (TPSA) is 52.3 Å². The van der Waals surface area contributed by atoms with Crippen LogP contribution in [0.1, 0.15) is 84.0 Å². The molecular formula is C16H33NO2. The molecule has 0 radical (unpaired) electrons. The van der Waals surface area contributed by atoms with Crippen molar-refractivity contribution in [1.82, 2.24) is 0 Å². The van der Waals surface area contributed by atoms with Crippen LogP contribution in [0.3, 0.4) is 0 Å². The van der Waals surface area contributed by atoms with Gasteiger partial charge in [0, 0.05) is 6.42 Å². The van der Waals surface area contributed by atoms with Crippen LogP contribution in [0.5, 0.6) is 0 Å². The molecule has 0 saturated carbocycles. The second-order valence-electron chi connectivity index (χ2n) is 5.23. The number of hydrogen-bond donors (Lipinski definition) is 1. The lowest BCUT2D eigenvalue weighted by molar-refractivity contribution is -0.143. The molecular weight excluding hydrogens is 238 g/mol. The van der Waals surface area contributed by atoms with E-state index in [9.17, 15) is 4.79 Å². The average molecular weight is 271 g/mol. The van der Waals surface area contributed by atoms with E-state index in [0.29, 0.717) is 13.0 Å². The van der Waals surface area contributed by atoms with Crippen LogP contribution in [0.25, 0.3) is 0 Å². The summed E-state index contributed by atoms with van der Waals surface area (Å²) >= 11 is 0. The first kappa shape index (κ1) is 18.4. The Morgan fingerprint density at radius 3 is 1.63 bits per heavy atom. The first-order valence-corrected chi connectivity index (χ1v) is 8.17. The minimum absolute atomic E-state index is 0.0417. The van der Waals surface area contributed by atoms with E-state index in [1.54, 1.807) is 0 Å². The van der Waals surface area contributed by atoms with Crippen molar-refractivity contribution in [2.24, 2.45) is 5.73 Å². The van der Waals surface area contributed by atoms with Crippen molar-refractivity contribution in [3.05, 3.63) is 0 Å². The van der Waals surface area contributed by atoms with Gasteiger partial charge in [0.2, 0.25) is 0 Å². The van der Waals surface area contributed by atoms with Gasteiger partial charge in [0.1, 0.15) is 0 Å². The van der Waals surface area contributed by atoms with Crippen molar-refractivity contribution in [2.45, 2.75) is 84.0 Å². The summed E-state index contributed by atoms with van der Waals surface area (Å²) in [6.45, 7) is 3.20. The van der Waals surface area contributed by atoms with Crippen LogP contribution < -0.4 is 5.73 Å². The third-order valence-corrected chi connectivity index (χ3v) is 3.39. The van der Waals surface area contributed by atoms with E-state index in [2.05, 4.69) is 0 Å². The molecule has 2 N–H and O–H groups in total. The molecule has 0 rings (SSSR count). The van der Waals surface area contributed by atoms with Crippen molar-refractivity contribution >= 4 is 5.97 Å². The van der Waals surface area contributed by atoms with Gasteiger partial charge >= 0.3 is 5.97 Å². The highest BCUT2D eigenvalue weighted by Crippen LogP contribution is 2.11. The van der Waals surface area contributed by atoms with Crippen LogP contribution in [-0.4, -0.2) is 19.1 Å². The normalized spacial score (nSPS) is 10.6. The van der Waals surface area contributed by atoms with E-state index in [4.69, 9.17) is 10.5 Å². The van der Waals surface area contributed by atoms with E-state index in [1.165, 1.54) is 57.8 Å². The van der Waals surface area contributed by atoms with Crippen LogP contribution in [-0.2, 0) is 9.53 Å². The zero-order valence-corrected chi connectivity index (χ0v) is 12.8. The lowest BCUT2D eigenvalue weighted by atomic mass is 10.1. The van der Waals surface area contributed by atoms with E-state index < -0.39 is 0 Å². The number of carbonyl (C=O) groups is 1. The van der Waals surface area contributed by atoms with Crippen LogP contribution in [0, 0.1) is 0 Å². The Labute approximate surface area is 119 Å². The first-order valence-electron chi connectivity index (χ1n) is 8.17. The Kier molecular flexibility index (Phi) is 15.0. The smallest absolute Gasteiger partial charge is 0.305 e. The Morgan fingerprint density at radius 1 is 0.789 bits per heavy atom. The molecule has 0 aromatic rings. The minimum Gasteiger partial charge on any atom is -0.466 e. The van der Waals surface area contributed by atoms with Gasteiger partial charge in [-0.3, -0.25) is 4.79 Å². The third-order valence-electron chi connectivity index (χ3n) is 3.39. The first-order chi connectivity index (χ1) is 9.31. The highest BCUT2D eigenvalue weighted by molar-refractivity contribution is 5.69. The molecule has 114 valence electrons. The fourth-order valence-corrected chi connectivity index (χ4v) is 2.24. The van der Waals surface area contributed by atoms with Crippen LogP contribution in [0.4, 0.5) is 0 Å². The molecule has 0 aromatic heterocycles. The number of rotatable bonds is 14. The number of carbonyl (C=O) groups excluding carboxylic acids is 1. The van der Waals surface area contributed by atoms with Crippen LogP contribution in [0.2, 0.25) is 0 Å². The largest absolute Gasteiger partial charge is 0.466 e. The van der Waals surface area contributed by atoms with Gasteiger partial charge in [-0.15, -0.1) is 0 Å². The number of nitrogens with two attached hydrogens (primary N) is 1. The maximum Gasteiger partial charge on any atom is 0.305 e. The molecule has 0 aliphatic rings. The molecule has 0 spiro atoms. The van der Waals surface area contributed by atoms with Gasteiger partial charge < -0.3 is 10.5 Å².